The number of esters is 1. The first-order valence-electron chi connectivity index (χ1n) is 7.75. The summed E-state index contributed by atoms with van der Waals surface area (Å²) < 4.78 is 4.67. The molecule has 0 fully saturated rings. The third-order valence-electron chi connectivity index (χ3n) is 3.71. The zero-order valence-corrected chi connectivity index (χ0v) is 14.3. The number of benzene rings is 2. The Morgan fingerprint density at radius 1 is 1.00 bits per heavy atom. The highest BCUT2D eigenvalue weighted by atomic mass is 35.5. The van der Waals surface area contributed by atoms with Crippen LogP contribution in [-0.4, -0.2) is 37.0 Å². The highest BCUT2D eigenvalue weighted by molar-refractivity contribution is 6.30. The number of hydrogen-bond acceptors (Lipinski definition) is 3. The number of halogens is 1. The third-order valence-corrected chi connectivity index (χ3v) is 3.96. The number of amides is 1. The number of hydrogen-bond donors (Lipinski definition) is 0. The predicted octanol–water partition coefficient (Wildman–Crippen LogP) is 3.59. The van der Waals surface area contributed by atoms with Gasteiger partial charge in [-0.3, -0.25) is 9.59 Å². The van der Waals surface area contributed by atoms with Gasteiger partial charge in [-0.25, -0.2) is 0 Å². The van der Waals surface area contributed by atoms with Gasteiger partial charge in [0.05, 0.1) is 13.5 Å². The van der Waals surface area contributed by atoms with Crippen LogP contribution in [0.2, 0.25) is 5.02 Å². The summed E-state index contributed by atoms with van der Waals surface area (Å²) >= 11 is 5.87. The summed E-state index contributed by atoms with van der Waals surface area (Å²) in [5.74, 6) is -0.449. The summed E-state index contributed by atoms with van der Waals surface area (Å²) in [6.07, 6.45) is 0.895. The Morgan fingerprint density at radius 2 is 1.67 bits per heavy atom. The van der Waals surface area contributed by atoms with Gasteiger partial charge in [0.2, 0.25) is 0 Å². The number of methoxy groups -OCH3 is 1. The largest absolute Gasteiger partial charge is 0.469 e. The van der Waals surface area contributed by atoms with Gasteiger partial charge in [-0.05, 0) is 36.2 Å². The van der Waals surface area contributed by atoms with Crippen LogP contribution in [0.15, 0.2) is 54.6 Å². The zero-order valence-electron chi connectivity index (χ0n) is 13.6. The molecule has 2 rings (SSSR count). The van der Waals surface area contributed by atoms with Crippen molar-refractivity contribution in [1.82, 2.24) is 4.90 Å². The maximum absolute atomic E-state index is 12.7. The third kappa shape index (κ3) is 5.39. The van der Waals surface area contributed by atoms with Crippen molar-refractivity contribution in [3.63, 3.8) is 0 Å². The van der Waals surface area contributed by atoms with E-state index in [1.54, 1.807) is 29.2 Å². The first kappa shape index (κ1) is 18.0. The van der Waals surface area contributed by atoms with Crippen molar-refractivity contribution in [2.45, 2.75) is 12.8 Å². The van der Waals surface area contributed by atoms with Gasteiger partial charge >= 0.3 is 5.97 Å². The molecule has 0 saturated heterocycles. The lowest BCUT2D eigenvalue weighted by molar-refractivity contribution is -0.140. The minimum absolute atomic E-state index is 0.119. The molecule has 0 saturated carbocycles. The van der Waals surface area contributed by atoms with Crippen molar-refractivity contribution in [3.8, 4) is 0 Å². The minimum Gasteiger partial charge on any atom is -0.469 e. The zero-order chi connectivity index (χ0) is 17.4. The van der Waals surface area contributed by atoms with E-state index >= 15 is 0 Å². The van der Waals surface area contributed by atoms with Crippen molar-refractivity contribution in [1.29, 1.82) is 0 Å². The molecule has 0 spiro atoms. The van der Waals surface area contributed by atoms with Crippen LogP contribution in [0, 0.1) is 0 Å². The molecule has 0 radical (unpaired) electrons. The Balaban J connectivity index is 2.07. The highest BCUT2D eigenvalue weighted by Gasteiger charge is 2.17. The van der Waals surface area contributed by atoms with Gasteiger partial charge < -0.3 is 9.64 Å². The standard InChI is InChI=1S/C19H20ClNO3/c1-24-18(22)12-14-21(13-11-15-5-3-2-4-6-15)19(23)16-7-9-17(20)10-8-16/h2-10H,11-14H2,1H3. The van der Waals surface area contributed by atoms with Crippen LogP contribution in [0.4, 0.5) is 0 Å². The van der Waals surface area contributed by atoms with Gasteiger partial charge in [0.15, 0.2) is 0 Å². The number of nitrogens with zero attached hydrogens (tertiary/aromatic N) is 1. The Labute approximate surface area is 147 Å². The second-order valence-corrected chi connectivity index (χ2v) is 5.80. The average molecular weight is 346 g/mol. The van der Waals surface area contributed by atoms with Crippen LogP contribution in [-0.2, 0) is 16.0 Å². The molecule has 1 amide bonds. The second kappa shape index (κ2) is 9.08. The lowest BCUT2D eigenvalue weighted by Gasteiger charge is -2.22. The fourth-order valence-corrected chi connectivity index (χ4v) is 2.45. The van der Waals surface area contributed by atoms with Crippen LogP contribution < -0.4 is 0 Å². The van der Waals surface area contributed by atoms with Crippen molar-refractivity contribution in [2.24, 2.45) is 0 Å². The number of carbonyl (C=O) groups excluding carboxylic acids is 2. The van der Waals surface area contributed by atoms with Crippen LogP contribution in [0.1, 0.15) is 22.3 Å². The van der Waals surface area contributed by atoms with Crippen LogP contribution in [0.3, 0.4) is 0 Å². The van der Waals surface area contributed by atoms with Crippen molar-refractivity contribution < 1.29 is 14.3 Å². The van der Waals surface area contributed by atoms with Gasteiger partial charge in [0.1, 0.15) is 0 Å². The maximum atomic E-state index is 12.7. The molecule has 0 aliphatic rings. The molecule has 0 unspecified atom stereocenters. The normalized spacial score (nSPS) is 10.2. The van der Waals surface area contributed by atoms with Gasteiger partial charge in [-0.15, -0.1) is 0 Å². The van der Waals surface area contributed by atoms with Crippen LogP contribution >= 0.6 is 11.6 Å². The Bertz CT molecular complexity index is 671. The van der Waals surface area contributed by atoms with Gasteiger partial charge in [0, 0.05) is 23.7 Å². The van der Waals surface area contributed by atoms with E-state index in [9.17, 15) is 9.59 Å². The van der Waals surface area contributed by atoms with Gasteiger partial charge in [0.25, 0.3) is 5.91 Å². The molecular weight excluding hydrogens is 326 g/mol. The van der Waals surface area contributed by atoms with Gasteiger partial charge in [-0.2, -0.15) is 0 Å². The molecule has 2 aromatic rings. The van der Waals surface area contributed by atoms with Crippen LogP contribution in [0.25, 0.3) is 0 Å². The summed E-state index contributed by atoms with van der Waals surface area (Å²) in [7, 11) is 1.34. The van der Waals surface area contributed by atoms with E-state index in [-0.39, 0.29) is 18.3 Å². The fraction of sp³-hybridized carbons (Fsp3) is 0.263. The molecule has 0 N–H and O–H groups in total. The number of ether oxygens (including phenoxy) is 1. The number of rotatable bonds is 7. The summed E-state index contributed by atoms with van der Waals surface area (Å²) in [6.45, 7) is 0.851. The van der Waals surface area contributed by atoms with E-state index in [2.05, 4.69) is 4.74 Å². The summed E-state index contributed by atoms with van der Waals surface area (Å²) in [6, 6.07) is 16.7. The highest BCUT2D eigenvalue weighted by Crippen LogP contribution is 2.13. The van der Waals surface area contributed by atoms with E-state index in [0.29, 0.717) is 23.7 Å². The number of carbonyl (C=O) groups is 2. The Kier molecular flexibility index (Phi) is 6.82. The lowest BCUT2D eigenvalue weighted by Crippen LogP contribution is -2.35. The second-order valence-electron chi connectivity index (χ2n) is 5.36. The lowest BCUT2D eigenvalue weighted by atomic mass is 10.1. The summed E-state index contributed by atoms with van der Waals surface area (Å²) in [5.41, 5.74) is 1.70. The van der Waals surface area contributed by atoms with E-state index in [1.807, 2.05) is 30.3 Å². The monoisotopic (exact) mass is 345 g/mol. The molecule has 0 atom stereocenters. The fourth-order valence-electron chi connectivity index (χ4n) is 2.33. The quantitative estimate of drug-likeness (QED) is 0.720. The SMILES string of the molecule is COC(=O)CCN(CCc1ccccc1)C(=O)c1ccc(Cl)cc1. The van der Waals surface area contributed by atoms with E-state index < -0.39 is 0 Å². The molecule has 24 heavy (non-hydrogen) atoms. The van der Waals surface area contributed by atoms with Gasteiger partial charge in [-0.1, -0.05) is 41.9 Å². The molecule has 0 aromatic heterocycles. The molecule has 5 heteroatoms. The average Bonchev–Trinajstić information content (AvgIpc) is 2.62. The first-order valence-corrected chi connectivity index (χ1v) is 8.13. The van der Waals surface area contributed by atoms with Crippen molar-refractivity contribution in [2.75, 3.05) is 20.2 Å². The first-order chi connectivity index (χ1) is 11.6. The van der Waals surface area contributed by atoms with Crippen LogP contribution in [0.5, 0.6) is 0 Å². The molecule has 0 aliphatic carbocycles. The Hall–Kier alpha value is -2.33. The summed E-state index contributed by atoms with van der Waals surface area (Å²) in [4.78, 5) is 25.8. The molecule has 0 bridgehead atoms. The molecule has 2 aromatic carbocycles. The molecule has 0 aliphatic heterocycles. The van der Waals surface area contributed by atoms with Crippen molar-refractivity contribution in [3.05, 3.63) is 70.7 Å². The smallest absolute Gasteiger partial charge is 0.307 e. The molecule has 4 nitrogen and oxygen atoms in total. The summed E-state index contributed by atoms with van der Waals surface area (Å²) in [5, 5.41) is 0.581. The maximum Gasteiger partial charge on any atom is 0.307 e. The molecular formula is C19H20ClNO3. The topological polar surface area (TPSA) is 46.6 Å². The van der Waals surface area contributed by atoms with E-state index in [1.165, 1.54) is 7.11 Å². The minimum atomic E-state index is -0.330. The molecule has 0 heterocycles. The van der Waals surface area contributed by atoms with E-state index in [0.717, 1.165) is 12.0 Å². The molecule has 126 valence electrons. The van der Waals surface area contributed by atoms with Crippen molar-refractivity contribution >= 4 is 23.5 Å². The van der Waals surface area contributed by atoms with E-state index in [4.69, 9.17) is 11.6 Å². The predicted molar refractivity (Wildman–Crippen MR) is 94.1 cm³/mol. The Morgan fingerprint density at radius 3 is 2.29 bits per heavy atom.